The second-order valence-corrected chi connectivity index (χ2v) is 5.41. The SMILES string of the molecule is C=CC(C)(C)[C@@H](N[C@@H](C(=O)OC)C(C)C)C(F)(F)F. The van der Waals surface area contributed by atoms with Crippen molar-refractivity contribution in [2.75, 3.05) is 7.11 Å². The van der Waals surface area contributed by atoms with Crippen LogP contribution in [-0.2, 0) is 9.53 Å². The van der Waals surface area contributed by atoms with Crippen molar-refractivity contribution in [2.45, 2.75) is 46.0 Å². The van der Waals surface area contributed by atoms with Gasteiger partial charge in [-0.05, 0) is 5.92 Å². The lowest BCUT2D eigenvalue weighted by molar-refractivity contribution is -0.179. The van der Waals surface area contributed by atoms with E-state index in [4.69, 9.17) is 0 Å². The van der Waals surface area contributed by atoms with Crippen molar-refractivity contribution in [2.24, 2.45) is 11.3 Å². The molecule has 0 saturated carbocycles. The predicted molar refractivity (Wildman–Crippen MR) is 67.6 cm³/mol. The molecule has 0 radical (unpaired) electrons. The summed E-state index contributed by atoms with van der Waals surface area (Å²) in [6.45, 7) is 9.57. The molecule has 6 heteroatoms. The highest BCUT2D eigenvalue weighted by atomic mass is 19.4. The van der Waals surface area contributed by atoms with E-state index in [1.54, 1.807) is 13.8 Å². The third kappa shape index (κ3) is 4.86. The molecule has 0 aliphatic carbocycles. The molecule has 112 valence electrons. The van der Waals surface area contributed by atoms with Crippen LogP contribution in [0.3, 0.4) is 0 Å². The molecule has 0 amide bonds. The van der Waals surface area contributed by atoms with E-state index in [-0.39, 0.29) is 5.92 Å². The van der Waals surface area contributed by atoms with Crippen molar-refractivity contribution < 1.29 is 22.7 Å². The van der Waals surface area contributed by atoms with Gasteiger partial charge in [-0.1, -0.05) is 33.8 Å². The molecule has 2 atom stereocenters. The van der Waals surface area contributed by atoms with Gasteiger partial charge < -0.3 is 4.74 Å². The van der Waals surface area contributed by atoms with E-state index in [0.29, 0.717) is 0 Å². The van der Waals surface area contributed by atoms with Crippen LogP contribution in [0.2, 0.25) is 0 Å². The lowest BCUT2D eigenvalue weighted by Crippen LogP contribution is -2.58. The summed E-state index contributed by atoms with van der Waals surface area (Å²) < 4.78 is 43.9. The number of alkyl halides is 3. The highest BCUT2D eigenvalue weighted by Gasteiger charge is 2.49. The van der Waals surface area contributed by atoms with Gasteiger partial charge in [-0.15, -0.1) is 6.58 Å². The predicted octanol–water partition coefficient (Wildman–Crippen LogP) is 2.92. The Labute approximate surface area is 112 Å². The van der Waals surface area contributed by atoms with Gasteiger partial charge in [0.15, 0.2) is 0 Å². The number of nitrogens with one attached hydrogen (secondary N) is 1. The minimum absolute atomic E-state index is 0.321. The average molecular weight is 281 g/mol. The fourth-order valence-corrected chi connectivity index (χ4v) is 1.69. The Kier molecular flexibility index (Phi) is 6.06. The molecule has 0 fully saturated rings. The molecule has 3 nitrogen and oxygen atoms in total. The maximum Gasteiger partial charge on any atom is 0.404 e. The molecule has 0 bridgehead atoms. The van der Waals surface area contributed by atoms with Crippen LogP contribution in [0.25, 0.3) is 0 Å². The highest BCUT2D eigenvalue weighted by molar-refractivity contribution is 5.76. The van der Waals surface area contributed by atoms with Crippen LogP contribution in [0.4, 0.5) is 13.2 Å². The molecule has 0 aliphatic rings. The summed E-state index contributed by atoms with van der Waals surface area (Å²) in [7, 11) is 1.15. The van der Waals surface area contributed by atoms with Crippen molar-refractivity contribution in [1.29, 1.82) is 0 Å². The summed E-state index contributed by atoms with van der Waals surface area (Å²) in [4.78, 5) is 11.6. The molecule has 19 heavy (non-hydrogen) atoms. The normalized spacial score (nSPS) is 16.1. The van der Waals surface area contributed by atoms with Gasteiger partial charge in [-0.25, -0.2) is 0 Å². The first-order valence-corrected chi connectivity index (χ1v) is 6.01. The zero-order valence-corrected chi connectivity index (χ0v) is 12.0. The zero-order chi connectivity index (χ0) is 15.4. The van der Waals surface area contributed by atoms with Gasteiger partial charge in [0.1, 0.15) is 12.1 Å². The third-order valence-electron chi connectivity index (χ3n) is 3.07. The topological polar surface area (TPSA) is 38.3 Å². The van der Waals surface area contributed by atoms with Crippen molar-refractivity contribution in [3.8, 4) is 0 Å². The number of hydrogen-bond donors (Lipinski definition) is 1. The molecule has 0 aromatic rings. The molecule has 1 N–H and O–H groups in total. The van der Waals surface area contributed by atoms with E-state index >= 15 is 0 Å². The Morgan fingerprint density at radius 1 is 1.32 bits per heavy atom. The molecule has 0 spiro atoms. The summed E-state index contributed by atoms with van der Waals surface area (Å²) in [6, 6.07) is -2.89. The van der Waals surface area contributed by atoms with Crippen LogP contribution >= 0.6 is 0 Å². The quantitative estimate of drug-likeness (QED) is 0.601. The van der Waals surface area contributed by atoms with Gasteiger partial charge in [0.05, 0.1) is 7.11 Å². The summed E-state index contributed by atoms with van der Waals surface area (Å²) >= 11 is 0. The maximum atomic E-state index is 13.1. The Hall–Kier alpha value is -1.04. The minimum Gasteiger partial charge on any atom is -0.468 e. The second kappa shape index (κ2) is 6.41. The van der Waals surface area contributed by atoms with Crippen LogP contribution < -0.4 is 5.32 Å². The van der Waals surface area contributed by atoms with Gasteiger partial charge in [0.2, 0.25) is 0 Å². The molecular formula is C13H22F3NO2. The standard InChI is InChI=1S/C13H22F3NO2/c1-7-12(4,5)11(13(14,15)16)17-9(8(2)3)10(18)19-6/h7-9,11,17H,1H2,2-6H3/t9-,11-/m1/s1. The zero-order valence-electron chi connectivity index (χ0n) is 12.0. The van der Waals surface area contributed by atoms with Crippen LogP contribution in [0, 0.1) is 11.3 Å². The van der Waals surface area contributed by atoms with Crippen molar-refractivity contribution in [3.05, 3.63) is 12.7 Å². The van der Waals surface area contributed by atoms with Crippen LogP contribution in [0.1, 0.15) is 27.7 Å². The number of carbonyl (C=O) groups excluding carboxylic acids is 1. The molecule has 0 heterocycles. The first-order valence-electron chi connectivity index (χ1n) is 6.01. The fraction of sp³-hybridized carbons (Fsp3) is 0.769. The van der Waals surface area contributed by atoms with E-state index in [1.807, 2.05) is 0 Å². The Bertz CT molecular complexity index is 324. The number of carbonyl (C=O) groups is 1. The average Bonchev–Trinajstić information content (AvgIpc) is 2.26. The number of rotatable bonds is 6. The van der Waals surface area contributed by atoms with Crippen LogP contribution in [-0.4, -0.2) is 31.3 Å². The van der Waals surface area contributed by atoms with Gasteiger partial charge in [0.25, 0.3) is 0 Å². The number of methoxy groups -OCH3 is 1. The molecular weight excluding hydrogens is 259 g/mol. The Morgan fingerprint density at radius 3 is 2.05 bits per heavy atom. The van der Waals surface area contributed by atoms with E-state index < -0.39 is 29.6 Å². The van der Waals surface area contributed by atoms with E-state index in [9.17, 15) is 18.0 Å². The first kappa shape index (κ1) is 18.0. The van der Waals surface area contributed by atoms with Crippen molar-refractivity contribution >= 4 is 5.97 Å². The molecule has 0 unspecified atom stereocenters. The molecule has 0 rings (SSSR count). The van der Waals surface area contributed by atoms with Gasteiger partial charge in [-0.3, -0.25) is 10.1 Å². The Balaban J connectivity index is 5.31. The summed E-state index contributed by atoms with van der Waals surface area (Å²) in [5.41, 5.74) is -1.24. The molecule has 0 aromatic carbocycles. The number of ether oxygens (including phenoxy) is 1. The molecule has 0 aliphatic heterocycles. The summed E-state index contributed by atoms with van der Waals surface area (Å²) in [5, 5.41) is 2.36. The molecule has 0 saturated heterocycles. The fourth-order valence-electron chi connectivity index (χ4n) is 1.69. The minimum atomic E-state index is -4.49. The van der Waals surface area contributed by atoms with E-state index in [2.05, 4.69) is 16.6 Å². The highest BCUT2D eigenvalue weighted by Crippen LogP contribution is 2.35. The second-order valence-electron chi connectivity index (χ2n) is 5.41. The van der Waals surface area contributed by atoms with Crippen molar-refractivity contribution in [3.63, 3.8) is 0 Å². The molecule has 0 aromatic heterocycles. The van der Waals surface area contributed by atoms with Crippen LogP contribution in [0.15, 0.2) is 12.7 Å². The smallest absolute Gasteiger partial charge is 0.404 e. The number of hydrogen-bond acceptors (Lipinski definition) is 3. The monoisotopic (exact) mass is 281 g/mol. The largest absolute Gasteiger partial charge is 0.468 e. The van der Waals surface area contributed by atoms with Crippen LogP contribution in [0.5, 0.6) is 0 Å². The first-order chi connectivity index (χ1) is 8.47. The van der Waals surface area contributed by atoms with Crippen molar-refractivity contribution in [1.82, 2.24) is 5.32 Å². The number of halogens is 3. The lowest BCUT2D eigenvalue weighted by Gasteiger charge is -2.36. The van der Waals surface area contributed by atoms with Gasteiger partial charge >= 0.3 is 12.1 Å². The van der Waals surface area contributed by atoms with E-state index in [0.717, 1.165) is 7.11 Å². The summed E-state index contributed by atoms with van der Waals surface area (Å²) in [5.74, 6) is -1.03. The van der Waals surface area contributed by atoms with E-state index in [1.165, 1.54) is 19.9 Å². The summed E-state index contributed by atoms with van der Waals surface area (Å²) in [6.07, 6.45) is -3.26. The Morgan fingerprint density at radius 2 is 1.79 bits per heavy atom. The maximum absolute atomic E-state index is 13.1. The van der Waals surface area contributed by atoms with Gasteiger partial charge in [-0.2, -0.15) is 13.2 Å². The lowest BCUT2D eigenvalue weighted by atomic mass is 9.83. The van der Waals surface area contributed by atoms with Gasteiger partial charge in [0, 0.05) is 5.41 Å². The third-order valence-corrected chi connectivity index (χ3v) is 3.07. The number of esters is 1.